The van der Waals surface area contributed by atoms with Crippen molar-refractivity contribution >= 4 is 9.76 Å². The molecule has 1 aliphatic rings. The average Bonchev–Trinajstić information content (AvgIpc) is 2.74. The van der Waals surface area contributed by atoms with Crippen molar-refractivity contribution in [1.29, 1.82) is 0 Å². The Morgan fingerprint density at radius 2 is 2.60 bits per heavy atom. The Labute approximate surface area is 63.3 Å². The lowest BCUT2D eigenvalue weighted by atomic mass is 10.5. The minimum absolute atomic E-state index is 0.143. The molecule has 0 aromatic rings. The van der Waals surface area contributed by atoms with Gasteiger partial charge >= 0.3 is 0 Å². The smallest absolute Gasteiger partial charge is 0.185 e. The van der Waals surface area contributed by atoms with Crippen LogP contribution in [0.1, 0.15) is 13.3 Å². The fraction of sp³-hybridized carbons (Fsp3) is 1.00. The molecule has 1 saturated heterocycles. The first-order valence-corrected chi connectivity index (χ1v) is 5.15. The van der Waals surface area contributed by atoms with Gasteiger partial charge in [-0.05, 0) is 6.42 Å². The number of epoxide rings is 1. The molecule has 0 amide bonds. The lowest BCUT2D eigenvalue weighted by Crippen LogP contribution is -2.21. The summed E-state index contributed by atoms with van der Waals surface area (Å²) in [5.41, 5.74) is 0.143. The summed E-state index contributed by atoms with van der Waals surface area (Å²) in [7, 11) is -0.965. The van der Waals surface area contributed by atoms with Gasteiger partial charge in [-0.15, -0.1) is 0 Å². The third-order valence-electron chi connectivity index (χ3n) is 1.58. The first-order chi connectivity index (χ1) is 4.86. The molecule has 1 fully saturated rings. The summed E-state index contributed by atoms with van der Waals surface area (Å²) in [4.78, 5) is 8.83. The molecule has 2 unspecified atom stereocenters. The monoisotopic (exact) mass is 162 g/mol. The maximum absolute atomic E-state index is 8.83. The molecule has 1 rings (SSSR count). The van der Waals surface area contributed by atoms with E-state index in [0.717, 1.165) is 13.0 Å². The highest BCUT2D eigenvalue weighted by Gasteiger charge is 2.23. The van der Waals surface area contributed by atoms with Crippen LogP contribution in [0.15, 0.2) is 0 Å². The van der Waals surface area contributed by atoms with Gasteiger partial charge in [-0.2, -0.15) is 0 Å². The van der Waals surface area contributed by atoms with E-state index in [2.05, 4.69) is 0 Å². The molecule has 0 radical (unpaired) electrons. The topological polar surface area (TPSA) is 42.0 Å². The highest BCUT2D eigenvalue weighted by Crippen LogP contribution is 2.10. The standard InChI is InChI=1S/C6H14O3Si/c1-2-6(10-7)9-4-5-3-8-5/h5-7H,2-4,10H2,1H3. The Balaban J connectivity index is 1.97. The second-order valence-electron chi connectivity index (χ2n) is 2.50. The molecule has 3 nitrogen and oxygen atoms in total. The zero-order chi connectivity index (χ0) is 7.40. The molecule has 1 aliphatic heterocycles. The van der Waals surface area contributed by atoms with E-state index in [9.17, 15) is 0 Å². The molecule has 0 aromatic heterocycles. The summed E-state index contributed by atoms with van der Waals surface area (Å²) in [5, 5.41) is 0. The van der Waals surface area contributed by atoms with Crippen LogP contribution in [-0.2, 0) is 9.47 Å². The molecule has 0 spiro atoms. The van der Waals surface area contributed by atoms with Crippen molar-refractivity contribution < 1.29 is 14.3 Å². The van der Waals surface area contributed by atoms with Crippen molar-refractivity contribution in [2.45, 2.75) is 25.2 Å². The van der Waals surface area contributed by atoms with E-state index in [0.29, 0.717) is 12.7 Å². The Bertz CT molecular complexity index is 91.0. The van der Waals surface area contributed by atoms with Gasteiger partial charge in [-0.25, -0.2) is 0 Å². The van der Waals surface area contributed by atoms with Crippen LogP contribution in [0.5, 0.6) is 0 Å². The molecule has 4 heteroatoms. The summed E-state index contributed by atoms with van der Waals surface area (Å²) in [5.74, 6) is 0. The van der Waals surface area contributed by atoms with Crippen LogP contribution in [0.3, 0.4) is 0 Å². The predicted octanol–water partition coefficient (Wildman–Crippen LogP) is -0.786. The van der Waals surface area contributed by atoms with Crippen molar-refractivity contribution in [1.82, 2.24) is 0 Å². The highest BCUT2D eigenvalue weighted by atomic mass is 28.2. The normalized spacial score (nSPS) is 27.6. The first kappa shape index (κ1) is 8.20. The maximum Gasteiger partial charge on any atom is 0.185 e. The Hall–Kier alpha value is 0.0969. The zero-order valence-electron chi connectivity index (χ0n) is 6.25. The van der Waals surface area contributed by atoms with Gasteiger partial charge in [0.25, 0.3) is 0 Å². The van der Waals surface area contributed by atoms with Gasteiger partial charge in [0.2, 0.25) is 0 Å². The molecule has 0 bridgehead atoms. The third-order valence-corrected chi connectivity index (χ3v) is 2.80. The van der Waals surface area contributed by atoms with Crippen LogP contribution in [0.2, 0.25) is 0 Å². The van der Waals surface area contributed by atoms with Crippen LogP contribution in [0.25, 0.3) is 0 Å². The van der Waals surface area contributed by atoms with E-state index in [1.54, 1.807) is 0 Å². The Kier molecular flexibility index (Phi) is 3.34. The minimum Gasteiger partial charge on any atom is -0.436 e. The molecule has 60 valence electrons. The Morgan fingerprint density at radius 1 is 1.90 bits per heavy atom. The molecule has 1 heterocycles. The van der Waals surface area contributed by atoms with Gasteiger partial charge < -0.3 is 14.3 Å². The number of hydrogen-bond acceptors (Lipinski definition) is 3. The molecular formula is C6H14O3Si. The van der Waals surface area contributed by atoms with Crippen molar-refractivity contribution in [2.75, 3.05) is 13.2 Å². The largest absolute Gasteiger partial charge is 0.436 e. The SMILES string of the molecule is CCC(OCC1CO1)[SiH2]O. The van der Waals surface area contributed by atoms with Crippen LogP contribution >= 0.6 is 0 Å². The van der Waals surface area contributed by atoms with Crippen LogP contribution in [0, 0.1) is 0 Å². The quantitative estimate of drug-likeness (QED) is 0.426. The molecule has 0 aromatic carbocycles. The van der Waals surface area contributed by atoms with E-state index in [1.807, 2.05) is 6.92 Å². The van der Waals surface area contributed by atoms with Crippen LogP contribution in [0.4, 0.5) is 0 Å². The lowest BCUT2D eigenvalue weighted by Gasteiger charge is -2.10. The van der Waals surface area contributed by atoms with Gasteiger partial charge in [-0.3, -0.25) is 0 Å². The van der Waals surface area contributed by atoms with E-state index in [1.165, 1.54) is 0 Å². The summed E-state index contributed by atoms with van der Waals surface area (Å²) >= 11 is 0. The fourth-order valence-corrected chi connectivity index (χ4v) is 1.21. The fourth-order valence-electron chi connectivity index (χ4n) is 0.707. The van der Waals surface area contributed by atoms with Crippen molar-refractivity contribution in [3.05, 3.63) is 0 Å². The van der Waals surface area contributed by atoms with Gasteiger partial charge in [0.1, 0.15) is 6.10 Å². The second-order valence-corrected chi connectivity index (χ2v) is 3.78. The first-order valence-electron chi connectivity index (χ1n) is 3.71. The van der Waals surface area contributed by atoms with Crippen molar-refractivity contribution in [2.24, 2.45) is 0 Å². The van der Waals surface area contributed by atoms with Crippen LogP contribution in [-0.4, -0.2) is 39.6 Å². The molecule has 10 heavy (non-hydrogen) atoms. The second kappa shape index (κ2) is 4.08. The number of rotatable bonds is 5. The van der Waals surface area contributed by atoms with E-state index >= 15 is 0 Å². The minimum atomic E-state index is -0.965. The number of hydrogen-bond donors (Lipinski definition) is 1. The molecule has 1 N–H and O–H groups in total. The van der Waals surface area contributed by atoms with Gasteiger partial charge in [0.05, 0.1) is 18.9 Å². The predicted molar refractivity (Wildman–Crippen MR) is 40.5 cm³/mol. The van der Waals surface area contributed by atoms with Crippen molar-refractivity contribution in [3.8, 4) is 0 Å². The summed E-state index contributed by atoms with van der Waals surface area (Å²) in [6, 6.07) is 0. The lowest BCUT2D eigenvalue weighted by molar-refractivity contribution is 0.0815. The molecule has 0 saturated carbocycles. The molecular weight excluding hydrogens is 148 g/mol. The van der Waals surface area contributed by atoms with Gasteiger partial charge in [0, 0.05) is 0 Å². The third kappa shape index (κ3) is 2.79. The van der Waals surface area contributed by atoms with E-state index < -0.39 is 9.76 Å². The summed E-state index contributed by atoms with van der Waals surface area (Å²) < 4.78 is 10.3. The van der Waals surface area contributed by atoms with Crippen molar-refractivity contribution in [3.63, 3.8) is 0 Å². The summed E-state index contributed by atoms with van der Waals surface area (Å²) in [6.07, 6.45) is 1.25. The highest BCUT2D eigenvalue weighted by molar-refractivity contribution is 6.27. The molecule has 2 atom stereocenters. The average molecular weight is 162 g/mol. The van der Waals surface area contributed by atoms with E-state index in [4.69, 9.17) is 14.3 Å². The van der Waals surface area contributed by atoms with Gasteiger partial charge in [0.15, 0.2) is 9.76 Å². The van der Waals surface area contributed by atoms with Crippen LogP contribution < -0.4 is 0 Å². The zero-order valence-corrected chi connectivity index (χ0v) is 7.66. The number of ether oxygens (including phenoxy) is 2. The maximum atomic E-state index is 8.83. The van der Waals surface area contributed by atoms with Gasteiger partial charge in [-0.1, -0.05) is 6.92 Å². The summed E-state index contributed by atoms with van der Waals surface area (Å²) in [6.45, 7) is 3.54. The molecule has 0 aliphatic carbocycles. The van der Waals surface area contributed by atoms with E-state index in [-0.39, 0.29) is 5.73 Å². The Morgan fingerprint density at radius 3 is 3.00 bits per heavy atom.